The molecular formula is C26H23F2N3O2. The van der Waals surface area contributed by atoms with Crippen molar-refractivity contribution in [3.63, 3.8) is 0 Å². The zero-order valence-electron chi connectivity index (χ0n) is 18.3. The van der Waals surface area contributed by atoms with E-state index in [-0.39, 0.29) is 17.0 Å². The fraction of sp³-hybridized carbons (Fsp3) is 0.154. The standard InChI is InChI=1S/C26H23F2N3O2/c1-3-30(4-2)20-13-11-19(12-14-20)29-24-23(17-8-6-5-7-9-17)25(32)31(26(24)33)22-15-10-18(27)16-21(22)28/h5-16,29H,3-4H2,1-2H3. The molecular weight excluding hydrogens is 424 g/mol. The molecule has 0 aromatic heterocycles. The molecule has 168 valence electrons. The van der Waals surface area contributed by atoms with E-state index in [1.165, 1.54) is 0 Å². The summed E-state index contributed by atoms with van der Waals surface area (Å²) in [6.07, 6.45) is 0. The first kappa shape index (κ1) is 22.2. The predicted octanol–water partition coefficient (Wildman–Crippen LogP) is 5.21. The molecule has 0 spiro atoms. The van der Waals surface area contributed by atoms with Gasteiger partial charge >= 0.3 is 0 Å². The molecule has 0 fully saturated rings. The van der Waals surface area contributed by atoms with E-state index in [1.807, 2.05) is 24.3 Å². The molecule has 33 heavy (non-hydrogen) atoms. The van der Waals surface area contributed by atoms with Crippen molar-refractivity contribution in [2.45, 2.75) is 13.8 Å². The lowest BCUT2D eigenvalue weighted by Crippen LogP contribution is -2.33. The zero-order valence-corrected chi connectivity index (χ0v) is 18.3. The maximum Gasteiger partial charge on any atom is 0.282 e. The minimum Gasteiger partial charge on any atom is -0.372 e. The average Bonchev–Trinajstić information content (AvgIpc) is 3.06. The summed E-state index contributed by atoms with van der Waals surface area (Å²) in [6.45, 7) is 5.85. The van der Waals surface area contributed by atoms with Gasteiger partial charge in [0.05, 0.1) is 11.3 Å². The molecule has 1 aliphatic rings. The summed E-state index contributed by atoms with van der Waals surface area (Å²) < 4.78 is 27.9. The number of benzene rings is 3. The second-order valence-electron chi connectivity index (χ2n) is 7.50. The molecule has 7 heteroatoms. The molecule has 0 unspecified atom stereocenters. The van der Waals surface area contributed by atoms with Crippen LogP contribution in [0.2, 0.25) is 0 Å². The van der Waals surface area contributed by atoms with Gasteiger partial charge in [-0.1, -0.05) is 30.3 Å². The van der Waals surface area contributed by atoms with Gasteiger partial charge < -0.3 is 10.2 Å². The zero-order chi connectivity index (χ0) is 23.5. The third kappa shape index (κ3) is 4.22. The Balaban J connectivity index is 1.75. The van der Waals surface area contributed by atoms with Crippen LogP contribution in [-0.2, 0) is 9.59 Å². The van der Waals surface area contributed by atoms with Gasteiger partial charge in [0.1, 0.15) is 17.3 Å². The quantitative estimate of drug-likeness (QED) is 0.506. The second-order valence-corrected chi connectivity index (χ2v) is 7.50. The highest BCUT2D eigenvalue weighted by molar-refractivity contribution is 6.46. The van der Waals surface area contributed by atoms with E-state index in [9.17, 15) is 18.4 Å². The van der Waals surface area contributed by atoms with Crippen LogP contribution in [0.25, 0.3) is 5.57 Å². The Bertz CT molecular complexity index is 1220. The molecule has 0 atom stereocenters. The first-order chi connectivity index (χ1) is 15.9. The van der Waals surface area contributed by atoms with E-state index in [4.69, 9.17) is 0 Å². The number of hydrogen-bond donors (Lipinski definition) is 1. The first-order valence-electron chi connectivity index (χ1n) is 10.7. The fourth-order valence-corrected chi connectivity index (χ4v) is 3.89. The lowest BCUT2D eigenvalue weighted by Gasteiger charge is -2.21. The van der Waals surface area contributed by atoms with E-state index in [2.05, 4.69) is 24.1 Å². The predicted molar refractivity (Wildman–Crippen MR) is 126 cm³/mol. The van der Waals surface area contributed by atoms with Crippen molar-refractivity contribution in [1.29, 1.82) is 0 Å². The van der Waals surface area contributed by atoms with E-state index >= 15 is 0 Å². The second kappa shape index (κ2) is 9.24. The highest BCUT2D eigenvalue weighted by Crippen LogP contribution is 2.35. The van der Waals surface area contributed by atoms with Gasteiger partial charge in [0.15, 0.2) is 0 Å². The smallest absolute Gasteiger partial charge is 0.282 e. The summed E-state index contributed by atoms with van der Waals surface area (Å²) in [7, 11) is 0. The number of carbonyl (C=O) groups excluding carboxylic acids is 2. The van der Waals surface area contributed by atoms with Crippen LogP contribution in [0.1, 0.15) is 19.4 Å². The molecule has 1 N–H and O–H groups in total. The van der Waals surface area contributed by atoms with Crippen LogP contribution in [0.15, 0.2) is 78.5 Å². The van der Waals surface area contributed by atoms with Crippen molar-refractivity contribution in [2.24, 2.45) is 0 Å². The highest BCUT2D eigenvalue weighted by Gasteiger charge is 2.41. The van der Waals surface area contributed by atoms with Crippen LogP contribution < -0.4 is 15.1 Å². The maximum absolute atomic E-state index is 14.5. The lowest BCUT2D eigenvalue weighted by molar-refractivity contribution is -0.120. The molecule has 3 aromatic carbocycles. The molecule has 0 aliphatic carbocycles. The molecule has 2 amide bonds. The summed E-state index contributed by atoms with van der Waals surface area (Å²) in [5.41, 5.74) is 2.02. The molecule has 0 bridgehead atoms. The highest BCUT2D eigenvalue weighted by atomic mass is 19.1. The molecule has 3 aromatic rings. The Morgan fingerprint density at radius 2 is 1.52 bits per heavy atom. The van der Waals surface area contributed by atoms with Gasteiger partial charge in [-0.05, 0) is 55.8 Å². The van der Waals surface area contributed by atoms with Gasteiger partial charge in [0.2, 0.25) is 0 Å². The Morgan fingerprint density at radius 1 is 0.848 bits per heavy atom. The van der Waals surface area contributed by atoms with Crippen molar-refractivity contribution in [1.82, 2.24) is 0 Å². The monoisotopic (exact) mass is 447 g/mol. The van der Waals surface area contributed by atoms with Crippen LogP contribution in [-0.4, -0.2) is 24.9 Å². The van der Waals surface area contributed by atoms with E-state index in [0.717, 1.165) is 35.8 Å². The minimum absolute atomic E-state index is 0.0329. The van der Waals surface area contributed by atoms with Gasteiger partial charge in [-0.15, -0.1) is 0 Å². The molecule has 0 saturated heterocycles. The number of amides is 2. The molecule has 0 radical (unpaired) electrons. The van der Waals surface area contributed by atoms with Crippen molar-refractivity contribution < 1.29 is 18.4 Å². The number of rotatable bonds is 7. The number of nitrogens with one attached hydrogen (secondary N) is 1. The third-order valence-corrected chi connectivity index (χ3v) is 5.56. The fourth-order valence-electron chi connectivity index (χ4n) is 3.89. The Morgan fingerprint density at radius 3 is 2.12 bits per heavy atom. The molecule has 1 aliphatic heterocycles. The Labute approximate surface area is 190 Å². The molecule has 4 rings (SSSR count). The molecule has 0 saturated carbocycles. The van der Waals surface area contributed by atoms with E-state index < -0.39 is 23.4 Å². The summed E-state index contributed by atoms with van der Waals surface area (Å²) >= 11 is 0. The number of halogens is 2. The Hall–Kier alpha value is -4.00. The maximum atomic E-state index is 14.5. The van der Waals surface area contributed by atoms with Gasteiger partial charge in [0, 0.05) is 30.5 Å². The van der Waals surface area contributed by atoms with Crippen molar-refractivity contribution in [3.05, 3.63) is 95.7 Å². The first-order valence-corrected chi connectivity index (χ1v) is 10.7. The van der Waals surface area contributed by atoms with Gasteiger partial charge in [0.25, 0.3) is 11.8 Å². The van der Waals surface area contributed by atoms with Gasteiger partial charge in [-0.25, -0.2) is 13.7 Å². The number of imide groups is 1. The largest absolute Gasteiger partial charge is 0.372 e. The number of carbonyl (C=O) groups is 2. The molecule has 1 heterocycles. The number of hydrogen-bond acceptors (Lipinski definition) is 4. The van der Waals surface area contributed by atoms with Crippen molar-refractivity contribution in [2.75, 3.05) is 28.2 Å². The van der Waals surface area contributed by atoms with Crippen LogP contribution >= 0.6 is 0 Å². The van der Waals surface area contributed by atoms with Crippen LogP contribution in [0.3, 0.4) is 0 Å². The Kier molecular flexibility index (Phi) is 6.22. The summed E-state index contributed by atoms with van der Waals surface area (Å²) in [5.74, 6) is -3.18. The van der Waals surface area contributed by atoms with E-state index in [0.29, 0.717) is 17.3 Å². The third-order valence-electron chi connectivity index (χ3n) is 5.56. The average molecular weight is 447 g/mol. The molecule has 5 nitrogen and oxygen atoms in total. The summed E-state index contributed by atoms with van der Waals surface area (Å²) in [5, 5.41) is 3.05. The SMILES string of the molecule is CCN(CC)c1ccc(NC2=C(c3ccccc3)C(=O)N(c3ccc(F)cc3F)C2=O)cc1. The number of nitrogens with zero attached hydrogens (tertiary/aromatic N) is 2. The summed E-state index contributed by atoms with van der Waals surface area (Å²) in [6, 6.07) is 18.9. The van der Waals surface area contributed by atoms with Gasteiger partial charge in [-0.2, -0.15) is 0 Å². The lowest BCUT2D eigenvalue weighted by atomic mass is 10.0. The topological polar surface area (TPSA) is 52.7 Å². The normalized spacial score (nSPS) is 13.6. The number of anilines is 3. The minimum atomic E-state index is -0.992. The van der Waals surface area contributed by atoms with Crippen LogP contribution in [0, 0.1) is 11.6 Å². The van der Waals surface area contributed by atoms with Crippen LogP contribution in [0.4, 0.5) is 25.8 Å². The van der Waals surface area contributed by atoms with E-state index in [1.54, 1.807) is 30.3 Å². The van der Waals surface area contributed by atoms with Crippen molar-refractivity contribution in [3.8, 4) is 0 Å². The summed E-state index contributed by atoms with van der Waals surface area (Å²) in [4.78, 5) is 29.6. The van der Waals surface area contributed by atoms with Crippen molar-refractivity contribution >= 4 is 34.4 Å². The van der Waals surface area contributed by atoms with Gasteiger partial charge in [-0.3, -0.25) is 9.59 Å². The van der Waals surface area contributed by atoms with Crippen LogP contribution in [0.5, 0.6) is 0 Å².